The summed E-state index contributed by atoms with van der Waals surface area (Å²) in [6, 6.07) is 17.9. The summed E-state index contributed by atoms with van der Waals surface area (Å²) >= 11 is 14.8. The number of benzene rings is 3. The van der Waals surface area contributed by atoms with Crippen molar-refractivity contribution in [3.05, 3.63) is 93.5 Å². The third-order valence-electron chi connectivity index (χ3n) is 4.83. The van der Waals surface area contributed by atoms with E-state index in [0.717, 1.165) is 10.5 Å². The fraction of sp³-hybridized carbons (Fsp3) is 0.0800. The lowest BCUT2D eigenvalue weighted by Crippen LogP contribution is -2.22. The first kappa shape index (κ1) is 25.2. The molecule has 0 aliphatic carbocycles. The molecule has 35 heavy (non-hydrogen) atoms. The Morgan fingerprint density at radius 3 is 2.60 bits per heavy atom. The number of hydrogen-bond donors (Lipinski definition) is 2. The summed E-state index contributed by atoms with van der Waals surface area (Å²) in [4.78, 5) is 30.3. The van der Waals surface area contributed by atoms with Gasteiger partial charge in [-0.05, 0) is 55.5 Å². The Labute approximate surface area is 219 Å². The van der Waals surface area contributed by atoms with E-state index in [1.165, 1.54) is 41.3 Å². The van der Waals surface area contributed by atoms with Crippen LogP contribution in [0.15, 0.2) is 77.0 Å². The average molecular weight is 546 g/mol. The van der Waals surface area contributed by atoms with Crippen molar-refractivity contribution in [1.82, 2.24) is 4.98 Å². The average Bonchev–Trinajstić information content (AvgIpc) is 3.27. The van der Waals surface area contributed by atoms with Gasteiger partial charge in [0, 0.05) is 26.5 Å². The first-order chi connectivity index (χ1) is 16.8. The summed E-state index contributed by atoms with van der Waals surface area (Å²) in [5.41, 5.74) is 1.83. The molecule has 0 bridgehead atoms. The minimum atomic E-state index is -0.593. The lowest BCUT2D eigenvalue weighted by Gasteiger charge is -2.12. The summed E-state index contributed by atoms with van der Waals surface area (Å²) in [7, 11) is 0. The molecule has 0 aliphatic rings. The predicted molar refractivity (Wildman–Crippen MR) is 142 cm³/mol. The number of thiazole rings is 1. The van der Waals surface area contributed by atoms with Gasteiger partial charge in [-0.2, -0.15) is 0 Å². The molecule has 1 heterocycles. The highest BCUT2D eigenvalue weighted by Crippen LogP contribution is 2.33. The number of carbonyl (C=O) groups excluding carboxylic acids is 2. The number of amides is 2. The minimum absolute atomic E-state index is 0.0407. The normalized spacial score (nSPS) is 11.7. The maximum atomic E-state index is 13.9. The Balaban J connectivity index is 1.38. The summed E-state index contributed by atoms with van der Waals surface area (Å²) in [6.07, 6.45) is 0. The van der Waals surface area contributed by atoms with E-state index in [9.17, 15) is 14.0 Å². The summed E-state index contributed by atoms with van der Waals surface area (Å²) in [5, 5.41) is 8.34. The molecule has 10 heteroatoms. The van der Waals surface area contributed by atoms with Gasteiger partial charge in [-0.25, -0.2) is 9.37 Å². The number of thioether (sulfide) groups is 1. The molecule has 3 aromatic carbocycles. The fourth-order valence-corrected chi connectivity index (χ4v) is 5.25. The topological polar surface area (TPSA) is 71.1 Å². The Morgan fingerprint density at radius 1 is 1.03 bits per heavy atom. The van der Waals surface area contributed by atoms with Gasteiger partial charge in [0.25, 0.3) is 5.91 Å². The van der Waals surface area contributed by atoms with Gasteiger partial charge in [0.05, 0.1) is 21.5 Å². The summed E-state index contributed by atoms with van der Waals surface area (Å²) in [6.45, 7) is 1.77. The van der Waals surface area contributed by atoms with Crippen LogP contribution in [-0.4, -0.2) is 22.0 Å². The number of carbonyl (C=O) groups is 2. The van der Waals surface area contributed by atoms with Crippen LogP contribution in [-0.2, 0) is 4.79 Å². The van der Waals surface area contributed by atoms with Crippen LogP contribution in [0.5, 0.6) is 0 Å². The van der Waals surface area contributed by atoms with Gasteiger partial charge in [-0.15, -0.1) is 23.1 Å². The van der Waals surface area contributed by atoms with Crippen LogP contribution in [0.1, 0.15) is 17.3 Å². The number of nitrogens with zero attached hydrogens (tertiary/aromatic N) is 1. The number of aromatic nitrogens is 1. The molecule has 1 atom stereocenters. The molecule has 1 unspecified atom stereocenters. The molecule has 4 rings (SSSR count). The molecule has 2 amide bonds. The summed E-state index contributed by atoms with van der Waals surface area (Å²) < 4.78 is 13.9. The lowest BCUT2D eigenvalue weighted by molar-refractivity contribution is -0.115. The van der Waals surface area contributed by atoms with Gasteiger partial charge < -0.3 is 10.6 Å². The van der Waals surface area contributed by atoms with E-state index in [0.29, 0.717) is 26.6 Å². The Morgan fingerprint density at radius 2 is 1.83 bits per heavy atom. The molecule has 0 saturated heterocycles. The fourth-order valence-electron chi connectivity index (χ4n) is 3.11. The monoisotopic (exact) mass is 545 g/mol. The van der Waals surface area contributed by atoms with E-state index in [1.54, 1.807) is 49.4 Å². The van der Waals surface area contributed by atoms with Gasteiger partial charge in [0.2, 0.25) is 5.91 Å². The van der Waals surface area contributed by atoms with E-state index in [2.05, 4.69) is 15.6 Å². The maximum absolute atomic E-state index is 13.9. The van der Waals surface area contributed by atoms with Gasteiger partial charge in [0.15, 0.2) is 5.13 Å². The van der Waals surface area contributed by atoms with Crippen molar-refractivity contribution in [2.75, 3.05) is 10.6 Å². The van der Waals surface area contributed by atoms with E-state index >= 15 is 0 Å². The lowest BCUT2D eigenvalue weighted by atomic mass is 10.2. The standard InChI is InChI=1S/C25H18Cl2FN3O2S2/c1-14(23(32)31-25-30-22(13-34-25)18-10-9-15(26)11-20(18)27)35-17-6-4-5-16(12-17)29-24(33)19-7-2-3-8-21(19)28/h2-14H,1H3,(H,29,33)(H,30,31,32). The Kier molecular flexibility index (Phi) is 8.07. The van der Waals surface area contributed by atoms with Gasteiger partial charge in [0.1, 0.15) is 5.82 Å². The highest BCUT2D eigenvalue weighted by Gasteiger charge is 2.18. The van der Waals surface area contributed by atoms with E-state index in [4.69, 9.17) is 23.2 Å². The smallest absolute Gasteiger partial charge is 0.258 e. The molecular weight excluding hydrogens is 528 g/mol. The predicted octanol–water partition coefficient (Wildman–Crippen LogP) is 7.63. The van der Waals surface area contributed by atoms with Crippen molar-refractivity contribution in [2.45, 2.75) is 17.1 Å². The van der Waals surface area contributed by atoms with Crippen LogP contribution < -0.4 is 10.6 Å². The van der Waals surface area contributed by atoms with Crippen LogP contribution in [0.25, 0.3) is 11.3 Å². The Bertz CT molecular complexity index is 1400. The second kappa shape index (κ2) is 11.2. The quantitative estimate of drug-likeness (QED) is 0.234. The van der Waals surface area contributed by atoms with Crippen LogP contribution >= 0.6 is 46.3 Å². The summed E-state index contributed by atoms with van der Waals surface area (Å²) in [5.74, 6) is -1.36. The number of hydrogen-bond acceptors (Lipinski definition) is 5. The van der Waals surface area contributed by atoms with Crippen molar-refractivity contribution in [1.29, 1.82) is 0 Å². The zero-order valence-electron chi connectivity index (χ0n) is 18.2. The van der Waals surface area contributed by atoms with Crippen molar-refractivity contribution in [3.63, 3.8) is 0 Å². The van der Waals surface area contributed by atoms with Crippen molar-refractivity contribution in [3.8, 4) is 11.3 Å². The Hall–Kier alpha value is -2.91. The molecule has 0 spiro atoms. The highest BCUT2D eigenvalue weighted by molar-refractivity contribution is 8.00. The number of anilines is 2. The third-order valence-corrected chi connectivity index (χ3v) is 7.23. The van der Waals surface area contributed by atoms with Gasteiger partial charge >= 0.3 is 0 Å². The van der Waals surface area contributed by atoms with Crippen molar-refractivity contribution >= 4 is 68.9 Å². The second-order valence-electron chi connectivity index (χ2n) is 7.37. The van der Waals surface area contributed by atoms with E-state index in [-0.39, 0.29) is 11.5 Å². The minimum Gasteiger partial charge on any atom is -0.322 e. The van der Waals surface area contributed by atoms with Gasteiger partial charge in [-0.1, -0.05) is 41.4 Å². The molecule has 4 aromatic rings. The molecule has 2 N–H and O–H groups in total. The largest absolute Gasteiger partial charge is 0.322 e. The number of rotatable bonds is 7. The van der Waals surface area contributed by atoms with E-state index < -0.39 is 17.0 Å². The molecule has 178 valence electrons. The van der Waals surface area contributed by atoms with Crippen molar-refractivity contribution < 1.29 is 14.0 Å². The molecule has 0 radical (unpaired) electrons. The second-order valence-corrected chi connectivity index (χ2v) is 10.5. The SMILES string of the molecule is CC(Sc1cccc(NC(=O)c2ccccc2F)c1)C(=O)Nc1nc(-c2ccc(Cl)cc2Cl)cs1. The molecule has 0 aliphatic heterocycles. The zero-order valence-corrected chi connectivity index (χ0v) is 21.4. The van der Waals surface area contributed by atoms with Gasteiger partial charge in [-0.3, -0.25) is 9.59 Å². The molecule has 0 fully saturated rings. The maximum Gasteiger partial charge on any atom is 0.258 e. The van der Waals surface area contributed by atoms with Crippen LogP contribution in [0.4, 0.5) is 15.2 Å². The van der Waals surface area contributed by atoms with E-state index in [1.807, 2.05) is 11.4 Å². The molecule has 0 saturated carbocycles. The van der Waals surface area contributed by atoms with Crippen LogP contribution in [0.3, 0.4) is 0 Å². The van der Waals surface area contributed by atoms with Crippen LogP contribution in [0, 0.1) is 5.82 Å². The number of halogens is 3. The first-order valence-corrected chi connectivity index (χ1v) is 12.9. The first-order valence-electron chi connectivity index (χ1n) is 10.3. The zero-order chi connectivity index (χ0) is 24.9. The van der Waals surface area contributed by atoms with Crippen molar-refractivity contribution in [2.24, 2.45) is 0 Å². The molecule has 5 nitrogen and oxygen atoms in total. The molecular formula is C25H18Cl2FN3O2S2. The molecule has 1 aromatic heterocycles. The number of nitrogens with one attached hydrogen (secondary N) is 2. The highest BCUT2D eigenvalue weighted by atomic mass is 35.5. The third kappa shape index (κ3) is 6.41. The van der Waals surface area contributed by atoms with Crippen LogP contribution in [0.2, 0.25) is 10.0 Å².